The average molecular weight is 276 g/mol. The normalized spacial score (nSPS) is 15.8. The van der Waals surface area contributed by atoms with Crippen LogP contribution in [0.3, 0.4) is 0 Å². The Kier molecular flexibility index (Phi) is 7.36. The van der Waals surface area contributed by atoms with Crippen molar-refractivity contribution >= 4 is 25.4 Å². The minimum atomic E-state index is -4.20. The van der Waals surface area contributed by atoms with Gasteiger partial charge in [0, 0.05) is 12.0 Å². The van der Waals surface area contributed by atoms with Crippen LogP contribution in [0, 0.1) is 0 Å². The molecule has 0 aliphatic carbocycles. The third kappa shape index (κ3) is 7.31. The maximum atomic E-state index is 11.0. The minimum absolute atomic E-state index is 0.386. The Morgan fingerprint density at radius 1 is 1.38 bits per heavy atom. The van der Waals surface area contributed by atoms with E-state index in [9.17, 15) is 9.36 Å². The van der Waals surface area contributed by atoms with Gasteiger partial charge in [-0.3, -0.25) is 9.36 Å². The van der Waals surface area contributed by atoms with Crippen LogP contribution in [-0.2, 0) is 13.5 Å². The zero-order valence-electron chi connectivity index (χ0n) is 8.09. The Balaban J connectivity index is 3.78. The predicted octanol–water partition coefficient (Wildman–Crippen LogP) is -1.93. The first-order valence-electron chi connectivity index (χ1n) is 4.06. The van der Waals surface area contributed by atoms with Gasteiger partial charge in [0.1, 0.15) is 24.3 Å². The number of aliphatic hydroxyl groups excluding tert-OH is 3. The zero-order valence-corrected chi connectivity index (χ0v) is 9.80. The Hall–Kier alpha value is 0.01000. The Bertz CT molecular complexity index is 265. The van der Waals surface area contributed by atoms with E-state index in [-0.39, 0.29) is 0 Å². The van der Waals surface area contributed by atoms with E-state index in [4.69, 9.17) is 25.1 Å². The van der Waals surface area contributed by atoms with Crippen LogP contribution >= 0.6 is 19.6 Å². The molecule has 0 aliphatic heterocycles. The molecule has 0 radical (unpaired) electrons. The fourth-order valence-corrected chi connectivity index (χ4v) is 1.65. The van der Waals surface area contributed by atoms with Crippen molar-refractivity contribution in [3.63, 3.8) is 0 Å². The van der Waals surface area contributed by atoms with Gasteiger partial charge in [-0.15, -0.1) is 0 Å². The topological polar surface area (TPSA) is 145 Å². The summed E-state index contributed by atoms with van der Waals surface area (Å²) >= 11 is 0.386. The van der Waals surface area contributed by atoms with Gasteiger partial charge in [-0.2, -0.15) is 0 Å². The highest BCUT2D eigenvalue weighted by Gasteiger charge is 2.23. The van der Waals surface area contributed by atoms with Gasteiger partial charge < -0.3 is 29.3 Å². The van der Waals surface area contributed by atoms with Crippen molar-refractivity contribution in [2.45, 2.75) is 12.2 Å². The SMILES string of the molecule is O=C(COSCP(=O)(O)O)[C@H](O)[C@H](O)CO. The quantitative estimate of drug-likeness (QED) is 0.194. The Labute approximate surface area is 95.6 Å². The lowest BCUT2D eigenvalue weighted by atomic mass is 10.1. The van der Waals surface area contributed by atoms with Crippen molar-refractivity contribution in [3.05, 3.63) is 0 Å². The molecule has 0 heterocycles. The number of ketones is 1. The van der Waals surface area contributed by atoms with Crippen molar-refractivity contribution in [3.8, 4) is 0 Å². The molecular formula is C6H13O8PS. The first kappa shape index (κ1) is 16.0. The fourth-order valence-electron chi connectivity index (χ4n) is 0.605. The summed E-state index contributed by atoms with van der Waals surface area (Å²) in [6, 6.07) is 0. The van der Waals surface area contributed by atoms with E-state index in [1.807, 2.05) is 0 Å². The lowest BCUT2D eigenvalue weighted by molar-refractivity contribution is -0.136. The monoisotopic (exact) mass is 276 g/mol. The highest BCUT2D eigenvalue weighted by Crippen LogP contribution is 2.38. The molecule has 0 aromatic rings. The molecule has 0 fully saturated rings. The molecule has 5 N–H and O–H groups in total. The zero-order chi connectivity index (χ0) is 12.8. The molecule has 0 rings (SSSR count). The summed E-state index contributed by atoms with van der Waals surface area (Å²) < 4.78 is 14.9. The second kappa shape index (κ2) is 7.36. The van der Waals surface area contributed by atoms with Crippen LogP contribution in [0.4, 0.5) is 0 Å². The molecule has 0 bridgehead atoms. The van der Waals surface area contributed by atoms with Crippen molar-refractivity contribution in [2.24, 2.45) is 0 Å². The smallest absolute Gasteiger partial charge is 0.337 e. The van der Waals surface area contributed by atoms with Gasteiger partial charge in [-0.05, 0) is 0 Å². The van der Waals surface area contributed by atoms with Crippen LogP contribution in [-0.4, -0.2) is 61.8 Å². The van der Waals surface area contributed by atoms with E-state index < -0.39 is 44.3 Å². The molecular weight excluding hydrogens is 263 g/mol. The van der Waals surface area contributed by atoms with Gasteiger partial charge in [0.25, 0.3) is 0 Å². The Morgan fingerprint density at radius 2 is 1.94 bits per heavy atom. The maximum absolute atomic E-state index is 11.0. The summed E-state index contributed by atoms with van der Waals surface area (Å²) in [5.74, 6) is -0.889. The number of Topliss-reactive ketones (excluding diaryl/α,β-unsaturated/α-hetero) is 1. The summed E-state index contributed by atoms with van der Waals surface area (Å²) in [6.45, 7) is -1.40. The summed E-state index contributed by atoms with van der Waals surface area (Å²) in [5, 5.41) is 26.3. The number of aliphatic hydroxyl groups is 3. The lowest BCUT2D eigenvalue weighted by Crippen LogP contribution is -2.38. The highest BCUT2D eigenvalue weighted by molar-refractivity contribution is 8.00. The molecule has 0 saturated heterocycles. The van der Waals surface area contributed by atoms with Crippen LogP contribution in [0.15, 0.2) is 0 Å². The standard InChI is InChI=1S/C6H13O8PS/c7-1-4(8)6(10)5(9)2-14-16-3-15(11,12)13/h4,6-8,10H,1-3H2,(H2,11,12,13)/t4-,6-/m1/s1. The fraction of sp³-hybridized carbons (Fsp3) is 0.833. The van der Waals surface area contributed by atoms with E-state index in [1.165, 1.54) is 0 Å². The number of carbonyl (C=O) groups excluding carboxylic acids is 1. The predicted molar refractivity (Wildman–Crippen MR) is 54.6 cm³/mol. The first-order valence-corrected chi connectivity index (χ1v) is 6.77. The van der Waals surface area contributed by atoms with Gasteiger partial charge in [-0.1, -0.05) is 0 Å². The summed E-state index contributed by atoms with van der Waals surface area (Å²) in [7, 11) is -4.20. The molecule has 96 valence electrons. The summed E-state index contributed by atoms with van der Waals surface area (Å²) in [4.78, 5) is 27.9. The number of carbonyl (C=O) groups is 1. The van der Waals surface area contributed by atoms with Crippen LogP contribution in [0.25, 0.3) is 0 Å². The van der Waals surface area contributed by atoms with Gasteiger partial charge in [0.2, 0.25) is 0 Å². The summed E-state index contributed by atoms with van der Waals surface area (Å²) in [5.41, 5.74) is -0.612. The number of rotatable bonds is 8. The van der Waals surface area contributed by atoms with E-state index in [0.29, 0.717) is 12.0 Å². The molecule has 8 nitrogen and oxygen atoms in total. The molecule has 0 aromatic carbocycles. The van der Waals surface area contributed by atoms with Crippen LogP contribution < -0.4 is 0 Å². The number of hydrogen-bond acceptors (Lipinski definition) is 7. The highest BCUT2D eigenvalue weighted by atomic mass is 32.2. The third-order valence-electron chi connectivity index (χ3n) is 1.39. The Morgan fingerprint density at radius 3 is 2.38 bits per heavy atom. The van der Waals surface area contributed by atoms with Gasteiger partial charge in [0.05, 0.1) is 6.61 Å². The van der Waals surface area contributed by atoms with E-state index in [1.54, 1.807) is 0 Å². The third-order valence-corrected chi connectivity index (χ3v) is 3.44. The molecule has 2 atom stereocenters. The minimum Gasteiger partial charge on any atom is -0.394 e. The van der Waals surface area contributed by atoms with Gasteiger partial charge >= 0.3 is 7.60 Å². The van der Waals surface area contributed by atoms with Crippen molar-refractivity contribution in [1.29, 1.82) is 0 Å². The van der Waals surface area contributed by atoms with Crippen LogP contribution in [0.5, 0.6) is 0 Å². The van der Waals surface area contributed by atoms with E-state index >= 15 is 0 Å². The second-order valence-corrected chi connectivity index (χ2v) is 5.67. The van der Waals surface area contributed by atoms with Crippen molar-refractivity contribution in [1.82, 2.24) is 0 Å². The van der Waals surface area contributed by atoms with Crippen molar-refractivity contribution < 1.29 is 38.6 Å². The molecule has 0 aliphatic rings. The van der Waals surface area contributed by atoms with Crippen molar-refractivity contribution in [2.75, 3.05) is 18.7 Å². The molecule has 10 heteroatoms. The molecule has 0 spiro atoms. The molecule has 0 saturated carbocycles. The maximum Gasteiger partial charge on any atom is 0.337 e. The van der Waals surface area contributed by atoms with Crippen LogP contribution in [0.1, 0.15) is 0 Å². The lowest BCUT2D eigenvalue weighted by Gasteiger charge is -2.13. The van der Waals surface area contributed by atoms with E-state index in [2.05, 4.69) is 4.18 Å². The molecule has 0 unspecified atom stereocenters. The first-order chi connectivity index (χ1) is 7.28. The molecule has 0 aromatic heterocycles. The average Bonchev–Trinajstić information content (AvgIpc) is 2.20. The molecule has 0 amide bonds. The summed E-state index contributed by atoms with van der Waals surface area (Å²) in [6.07, 6.45) is -3.37. The second-order valence-electron chi connectivity index (χ2n) is 2.83. The largest absolute Gasteiger partial charge is 0.394 e. The molecule has 16 heavy (non-hydrogen) atoms. The van der Waals surface area contributed by atoms with Gasteiger partial charge in [-0.25, -0.2) is 0 Å². The van der Waals surface area contributed by atoms with Crippen LogP contribution in [0.2, 0.25) is 0 Å². The number of hydrogen-bond donors (Lipinski definition) is 5. The van der Waals surface area contributed by atoms with Gasteiger partial charge in [0.15, 0.2) is 5.78 Å². The van der Waals surface area contributed by atoms with E-state index in [0.717, 1.165) is 0 Å².